The van der Waals surface area contributed by atoms with Crippen molar-refractivity contribution in [3.63, 3.8) is 0 Å². The quantitative estimate of drug-likeness (QED) is 0.872. The Balaban J connectivity index is 2.91. The summed E-state index contributed by atoms with van der Waals surface area (Å²) < 4.78 is 0. The van der Waals surface area contributed by atoms with E-state index in [1.807, 2.05) is 6.92 Å². The smallest absolute Gasteiger partial charge is 0.255 e. The van der Waals surface area contributed by atoms with Crippen LogP contribution in [0.1, 0.15) is 17.3 Å². The lowest BCUT2D eigenvalue weighted by Crippen LogP contribution is -2.31. The predicted octanol–water partition coefficient (Wildman–Crippen LogP) is 2.90. The van der Waals surface area contributed by atoms with E-state index in [0.29, 0.717) is 17.1 Å². The average molecular weight is 307 g/mol. The minimum absolute atomic E-state index is 0.0352. The number of halogens is 2. The van der Waals surface area contributed by atoms with E-state index >= 15 is 0 Å². The fourth-order valence-electron chi connectivity index (χ4n) is 1.34. The van der Waals surface area contributed by atoms with Crippen LogP contribution in [-0.2, 0) is 0 Å². The van der Waals surface area contributed by atoms with Gasteiger partial charge in [-0.25, -0.2) is 0 Å². The summed E-state index contributed by atoms with van der Waals surface area (Å²) in [5, 5.41) is 9.66. The van der Waals surface area contributed by atoms with Gasteiger partial charge in [-0.1, -0.05) is 34.5 Å². The lowest BCUT2D eigenvalue weighted by atomic mass is 10.2. The number of carbonyl (C=O) groups is 1. The standard InChI is InChI=1S/C11H13BrClNO2/c1-7(12)6-14(2)11(16)9-5-8(15)3-4-10(9)13/h3-5,7,15H,6H2,1-2H3. The molecule has 1 unspecified atom stereocenters. The highest BCUT2D eigenvalue weighted by atomic mass is 79.9. The summed E-state index contributed by atoms with van der Waals surface area (Å²) in [5.41, 5.74) is 0.317. The first kappa shape index (κ1) is 13.3. The Labute approximate surface area is 108 Å². The second-order valence-electron chi connectivity index (χ2n) is 3.63. The highest BCUT2D eigenvalue weighted by Gasteiger charge is 2.16. The molecule has 0 aliphatic heterocycles. The number of amides is 1. The number of benzene rings is 1. The van der Waals surface area contributed by atoms with Crippen molar-refractivity contribution < 1.29 is 9.90 Å². The summed E-state index contributed by atoms with van der Waals surface area (Å²) in [6.07, 6.45) is 0. The number of carbonyl (C=O) groups excluding carboxylic acids is 1. The SMILES string of the molecule is CC(Br)CN(C)C(=O)c1cc(O)ccc1Cl. The highest BCUT2D eigenvalue weighted by Crippen LogP contribution is 2.22. The zero-order valence-electron chi connectivity index (χ0n) is 9.08. The van der Waals surface area contributed by atoms with Crippen LogP contribution in [0.4, 0.5) is 0 Å². The van der Waals surface area contributed by atoms with E-state index in [0.717, 1.165) is 0 Å². The summed E-state index contributed by atoms with van der Waals surface area (Å²) in [5.74, 6) is -0.166. The van der Waals surface area contributed by atoms with Gasteiger partial charge in [-0.3, -0.25) is 4.79 Å². The van der Waals surface area contributed by atoms with Crippen molar-refractivity contribution in [3.05, 3.63) is 28.8 Å². The maximum absolute atomic E-state index is 12.0. The van der Waals surface area contributed by atoms with Gasteiger partial charge in [0.05, 0.1) is 10.6 Å². The average Bonchev–Trinajstić information content (AvgIpc) is 2.19. The summed E-state index contributed by atoms with van der Waals surface area (Å²) >= 11 is 9.27. The monoisotopic (exact) mass is 305 g/mol. The van der Waals surface area contributed by atoms with Crippen molar-refractivity contribution in [2.45, 2.75) is 11.8 Å². The van der Waals surface area contributed by atoms with Crippen LogP contribution in [0.3, 0.4) is 0 Å². The zero-order valence-corrected chi connectivity index (χ0v) is 11.4. The molecule has 1 N–H and O–H groups in total. The molecule has 3 nitrogen and oxygen atoms in total. The van der Waals surface area contributed by atoms with Crippen molar-refractivity contribution in [3.8, 4) is 5.75 Å². The van der Waals surface area contributed by atoms with Crippen molar-refractivity contribution >= 4 is 33.4 Å². The molecule has 16 heavy (non-hydrogen) atoms. The van der Waals surface area contributed by atoms with Crippen LogP contribution in [0.5, 0.6) is 5.75 Å². The molecule has 0 heterocycles. The normalized spacial score (nSPS) is 12.2. The Morgan fingerprint density at radius 1 is 1.62 bits per heavy atom. The van der Waals surface area contributed by atoms with Gasteiger partial charge < -0.3 is 10.0 Å². The Bertz CT molecular complexity index is 396. The molecule has 1 aromatic carbocycles. The van der Waals surface area contributed by atoms with E-state index in [-0.39, 0.29) is 16.5 Å². The summed E-state index contributed by atoms with van der Waals surface area (Å²) in [6.45, 7) is 2.53. The van der Waals surface area contributed by atoms with E-state index in [1.54, 1.807) is 11.9 Å². The molecule has 1 atom stereocenters. The lowest BCUT2D eigenvalue weighted by molar-refractivity contribution is 0.0797. The van der Waals surface area contributed by atoms with Gasteiger partial charge in [0, 0.05) is 18.4 Å². The molecule has 1 aromatic rings. The third-order valence-corrected chi connectivity index (χ3v) is 2.67. The molecule has 0 aromatic heterocycles. The van der Waals surface area contributed by atoms with E-state index < -0.39 is 0 Å². The van der Waals surface area contributed by atoms with Crippen LogP contribution in [0.15, 0.2) is 18.2 Å². The van der Waals surface area contributed by atoms with E-state index in [2.05, 4.69) is 15.9 Å². The van der Waals surface area contributed by atoms with Crippen molar-refractivity contribution in [2.75, 3.05) is 13.6 Å². The molecular formula is C11H13BrClNO2. The number of alkyl halides is 1. The first-order chi connectivity index (χ1) is 7.41. The van der Waals surface area contributed by atoms with Gasteiger partial charge in [0.15, 0.2) is 0 Å². The number of nitrogens with zero attached hydrogens (tertiary/aromatic N) is 1. The molecule has 1 amide bonds. The third kappa shape index (κ3) is 3.39. The first-order valence-electron chi connectivity index (χ1n) is 4.80. The second-order valence-corrected chi connectivity index (χ2v) is 5.60. The predicted molar refractivity (Wildman–Crippen MR) is 68.5 cm³/mol. The number of hydrogen-bond acceptors (Lipinski definition) is 2. The minimum Gasteiger partial charge on any atom is -0.508 e. The van der Waals surface area contributed by atoms with Gasteiger partial charge in [0.1, 0.15) is 5.75 Å². The van der Waals surface area contributed by atoms with Crippen molar-refractivity contribution in [1.82, 2.24) is 4.90 Å². The van der Waals surface area contributed by atoms with Crippen LogP contribution in [-0.4, -0.2) is 34.3 Å². The highest BCUT2D eigenvalue weighted by molar-refractivity contribution is 9.09. The van der Waals surface area contributed by atoms with Gasteiger partial charge in [-0.15, -0.1) is 0 Å². The summed E-state index contributed by atoms with van der Waals surface area (Å²) in [7, 11) is 1.69. The molecule has 1 rings (SSSR count). The van der Waals surface area contributed by atoms with Gasteiger partial charge in [0.25, 0.3) is 5.91 Å². The fraction of sp³-hybridized carbons (Fsp3) is 0.364. The number of rotatable bonds is 3. The van der Waals surface area contributed by atoms with Crippen LogP contribution < -0.4 is 0 Å². The van der Waals surface area contributed by atoms with Crippen LogP contribution in [0.25, 0.3) is 0 Å². The molecule has 0 bridgehead atoms. The Kier molecular flexibility index (Phi) is 4.62. The molecule has 0 aliphatic rings. The molecule has 88 valence electrons. The van der Waals surface area contributed by atoms with Gasteiger partial charge >= 0.3 is 0 Å². The number of aromatic hydroxyl groups is 1. The molecule has 0 saturated heterocycles. The first-order valence-corrected chi connectivity index (χ1v) is 6.09. The third-order valence-electron chi connectivity index (χ3n) is 2.05. The van der Waals surface area contributed by atoms with Crippen molar-refractivity contribution in [2.24, 2.45) is 0 Å². The molecule has 0 radical (unpaired) electrons. The Morgan fingerprint density at radius 2 is 2.25 bits per heavy atom. The number of hydrogen-bond donors (Lipinski definition) is 1. The fourth-order valence-corrected chi connectivity index (χ4v) is 1.98. The topological polar surface area (TPSA) is 40.5 Å². The van der Waals surface area contributed by atoms with Crippen LogP contribution >= 0.6 is 27.5 Å². The molecule has 0 spiro atoms. The van der Waals surface area contributed by atoms with Crippen LogP contribution in [0, 0.1) is 0 Å². The van der Waals surface area contributed by atoms with E-state index in [9.17, 15) is 9.90 Å². The summed E-state index contributed by atoms with van der Waals surface area (Å²) in [6, 6.07) is 4.34. The van der Waals surface area contributed by atoms with Gasteiger partial charge in [0.2, 0.25) is 0 Å². The second kappa shape index (κ2) is 5.55. The maximum atomic E-state index is 12.0. The Hall–Kier alpha value is -0.740. The molecule has 0 aliphatic carbocycles. The van der Waals surface area contributed by atoms with E-state index in [4.69, 9.17) is 11.6 Å². The molecule has 0 fully saturated rings. The van der Waals surface area contributed by atoms with Gasteiger partial charge in [-0.05, 0) is 18.2 Å². The Morgan fingerprint density at radius 3 is 2.81 bits per heavy atom. The maximum Gasteiger partial charge on any atom is 0.255 e. The van der Waals surface area contributed by atoms with E-state index in [1.165, 1.54) is 18.2 Å². The lowest BCUT2D eigenvalue weighted by Gasteiger charge is -2.19. The molecule has 0 saturated carbocycles. The minimum atomic E-state index is -0.202. The van der Waals surface area contributed by atoms with Crippen LogP contribution in [0.2, 0.25) is 5.02 Å². The number of phenolic OH excluding ortho intramolecular Hbond substituents is 1. The summed E-state index contributed by atoms with van der Waals surface area (Å²) in [4.78, 5) is 13.7. The number of phenols is 1. The molecule has 5 heteroatoms. The van der Waals surface area contributed by atoms with Gasteiger partial charge in [-0.2, -0.15) is 0 Å². The zero-order chi connectivity index (χ0) is 12.3. The largest absolute Gasteiger partial charge is 0.508 e. The molecular weight excluding hydrogens is 293 g/mol. The van der Waals surface area contributed by atoms with Crippen molar-refractivity contribution in [1.29, 1.82) is 0 Å².